The summed E-state index contributed by atoms with van der Waals surface area (Å²) in [7, 11) is -2.99. The van der Waals surface area contributed by atoms with Crippen molar-refractivity contribution in [3.63, 3.8) is 0 Å². The van der Waals surface area contributed by atoms with E-state index in [1.807, 2.05) is 24.3 Å². The lowest BCUT2D eigenvalue weighted by Gasteiger charge is -2.31. The molecule has 0 aliphatic heterocycles. The fourth-order valence-electron chi connectivity index (χ4n) is 4.49. The lowest BCUT2D eigenvalue weighted by atomic mass is 9.80. The highest BCUT2D eigenvalue weighted by molar-refractivity contribution is 7.90. The van der Waals surface area contributed by atoms with Crippen LogP contribution >= 0.6 is 0 Å². The van der Waals surface area contributed by atoms with E-state index in [0.717, 1.165) is 35.6 Å². The Morgan fingerprint density at radius 1 is 1.18 bits per heavy atom. The predicted molar refractivity (Wildman–Crippen MR) is 131 cm³/mol. The van der Waals surface area contributed by atoms with Crippen LogP contribution in [0, 0.1) is 11.8 Å². The van der Waals surface area contributed by atoms with Crippen molar-refractivity contribution < 1.29 is 13.2 Å². The quantitative estimate of drug-likeness (QED) is 0.466. The maximum absolute atomic E-state index is 11.3. The average molecular weight is 472 g/mol. The zero-order chi connectivity index (χ0) is 23.4. The number of benzene rings is 1. The third-order valence-corrected chi connectivity index (χ3v) is 7.43. The molecule has 0 bridgehead atoms. The highest BCUT2D eigenvalue weighted by Crippen LogP contribution is 2.31. The van der Waals surface area contributed by atoms with Crippen molar-refractivity contribution in [1.82, 2.24) is 19.7 Å². The molecule has 2 aromatic heterocycles. The topological polar surface area (TPSA) is 99.0 Å². The molecule has 0 atom stereocenters. The van der Waals surface area contributed by atoms with Gasteiger partial charge in [0.1, 0.15) is 15.6 Å². The second-order valence-corrected chi connectivity index (χ2v) is 11.6. The minimum absolute atomic E-state index is 0.109. The van der Waals surface area contributed by atoms with E-state index in [2.05, 4.69) is 29.2 Å². The second-order valence-electron chi connectivity index (χ2n) is 9.32. The van der Waals surface area contributed by atoms with Crippen molar-refractivity contribution in [1.29, 1.82) is 0 Å². The Balaban J connectivity index is 1.46. The van der Waals surface area contributed by atoms with Crippen molar-refractivity contribution in [3.05, 3.63) is 36.7 Å². The van der Waals surface area contributed by atoms with Gasteiger partial charge in [0, 0.05) is 24.6 Å². The highest BCUT2D eigenvalue weighted by atomic mass is 32.2. The molecule has 1 aromatic carbocycles. The standard InChI is InChI=1S/C24H33N5O3S/c1-17(2)18-8-10-19(11-9-18)27-24-25-13-12-23(28-24)29-21-6-4-7-22(20(21)16-26-29)32-14-5-15-33(3,30)31/h4,6-7,12-13,16-19H,5,8-11,14-15H2,1-3H3,(H,25,27,28). The molecular formula is C24H33N5O3S. The van der Waals surface area contributed by atoms with Gasteiger partial charge in [0.25, 0.3) is 0 Å². The maximum atomic E-state index is 11.3. The van der Waals surface area contributed by atoms with Gasteiger partial charge in [-0.2, -0.15) is 10.1 Å². The molecule has 0 saturated heterocycles. The molecule has 0 amide bonds. The maximum Gasteiger partial charge on any atom is 0.224 e. The molecule has 3 aromatic rings. The lowest BCUT2D eigenvalue weighted by molar-refractivity contribution is 0.266. The summed E-state index contributed by atoms with van der Waals surface area (Å²) in [6.07, 6.45) is 9.95. The van der Waals surface area contributed by atoms with E-state index in [1.54, 1.807) is 17.1 Å². The number of anilines is 1. The van der Waals surface area contributed by atoms with Crippen LogP contribution < -0.4 is 10.1 Å². The van der Waals surface area contributed by atoms with Gasteiger partial charge in [0.2, 0.25) is 5.95 Å². The SMILES string of the molecule is CC(C)C1CCC(Nc2nccc(-n3ncc4c(OCCCS(C)(=O)=O)cccc43)n2)CC1. The van der Waals surface area contributed by atoms with Crippen molar-refractivity contribution in [3.8, 4) is 11.6 Å². The van der Waals surface area contributed by atoms with Crippen molar-refractivity contribution in [2.24, 2.45) is 11.8 Å². The summed E-state index contributed by atoms with van der Waals surface area (Å²) >= 11 is 0. The van der Waals surface area contributed by atoms with Crippen molar-refractivity contribution >= 4 is 26.7 Å². The summed E-state index contributed by atoms with van der Waals surface area (Å²) in [5.74, 6) is 3.66. The fraction of sp³-hybridized carbons (Fsp3) is 0.542. The Hall–Kier alpha value is -2.68. The molecule has 33 heavy (non-hydrogen) atoms. The molecular weight excluding hydrogens is 438 g/mol. The molecule has 9 heteroatoms. The largest absolute Gasteiger partial charge is 0.493 e. The molecule has 1 N–H and O–H groups in total. The zero-order valence-electron chi connectivity index (χ0n) is 19.6. The second kappa shape index (κ2) is 10.1. The van der Waals surface area contributed by atoms with Crippen molar-refractivity contribution in [2.45, 2.75) is 52.0 Å². The normalized spacial score (nSPS) is 19.2. The summed E-state index contributed by atoms with van der Waals surface area (Å²) in [5, 5.41) is 8.90. The van der Waals surface area contributed by atoms with Crippen LogP contribution in [0.1, 0.15) is 46.0 Å². The van der Waals surface area contributed by atoms with Gasteiger partial charge in [-0.1, -0.05) is 19.9 Å². The highest BCUT2D eigenvalue weighted by Gasteiger charge is 2.23. The Morgan fingerprint density at radius 3 is 2.70 bits per heavy atom. The molecule has 4 rings (SSSR count). The van der Waals surface area contributed by atoms with Gasteiger partial charge < -0.3 is 10.1 Å². The summed E-state index contributed by atoms with van der Waals surface area (Å²) in [6.45, 7) is 4.95. The summed E-state index contributed by atoms with van der Waals surface area (Å²) < 4.78 is 30.3. The lowest BCUT2D eigenvalue weighted by Crippen LogP contribution is -2.28. The third-order valence-electron chi connectivity index (χ3n) is 6.40. The van der Waals surface area contributed by atoms with E-state index in [1.165, 1.54) is 19.1 Å². The Bertz CT molecular complexity index is 1180. The minimum atomic E-state index is -2.99. The van der Waals surface area contributed by atoms with Crippen LogP contribution in [0.25, 0.3) is 16.7 Å². The van der Waals surface area contributed by atoms with Gasteiger partial charge in [-0.05, 0) is 56.1 Å². The fourth-order valence-corrected chi connectivity index (χ4v) is 5.13. The molecule has 2 heterocycles. The zero-order valence-corrected chi connectivity index (χ0v) is 20.4. The Kier molecular flexibility index (Phi) is 7.17. The molecule has 1 saturated carbocycles. The van der Waals surface area contributed by atoms with E-state index in [4.69, 9.17) is 9.72 Å². The molecule has 0 spiro atoms. The molecule has 1 aliphatic rings. The molecule has 1 fully saturated rings. The molecule has 0 radical (unpaired) electrons. The number of ether oxygens (including phenoxy) is 1. The molecule has 8 nitrogen and oxygen atoms in total. The van der Waals surface area contributed by atoms with E-state index in [-0.39, 0.29) is 5.75 Å². The van der Waals surface area contributed by atoms with Crippen LogP contribution in [-0.2, 0) is 9.84 Å². The molecule has 178 valence electrons. The number of hydrogen-bond donors (Lipinski definition) is 1. The van der Waals surface area contributed by atoms with Crippen LogP contribution in [0.3, 0.4) is 0 Å². The van der Waals surface area contributed by atoms with Crippen LogP contribution in [0.2, 0.25) is 0 Å². The van der Waals surface area contributed by atoms with Gasteiger partial charge >= 0.3 is 0 Å². The number of hydrogen-bond acceptors (Lipinski definition) is 7. The first-order valence-corrected chi connectivity index (χ1v) is 13.7. The summed E-state index contributed by atoms with van der Waals surface area (Å²) in [5.41, 5.74) is 0.873. The minimum Gasteiger partial charge on any atom is -0.493 e. The van der Waals surface area contributed by atoms with E-state index < -0.39 is 9.84 Å². The van der Waals surface area contributed by atoms with Crippen LogP contribution in [-0.4, -0.2) is 52.8 Å². The van der Waals surface area contributed by atoms with Crippen LogP contribution in [0.4, 0.5) is 5.95 Å². The van der Waals surface area contributed by atoms with Crippen LogP contribution in [0.15, 0.2) is 36.7 Å². The Labute approximate surface area is 195 Å². The number of fused-ring (bicyclic) bond motifs is 1. The first-order chi connectivity index (χ1) is 15.8. The smallest absolute Gasteiger partial charge is 0.224 e. The first kappa shape index (κ1) is 23.5. The summed E-state index contributed by atoms with van der Waals surface area (Å²) in [6, 6.07) is 7.98. The van der Waals surface area contributed by atoms with Crippen LogP contribution in [0.5, 0.6) is 5.75 Å². The Morgan fingerprint density at radius 2 is 1.97 bits per heavy atom. The monoisotopic (exact) mass is 471 g/mol. The van der Waals surface area contributed by atoms with Gasteiger partial charge in [-0.25, -0.2) is 18.1 Å². The van der Waals surface area contributed by atoms with E-state index in [9.17, 15) is 8.42 Å². The number of nitrogens with one attached hydrogen (secondary N) is 1. The van der Waals surface area contributed by atoms with Gasteiger partial charge in [0.15, 0.2) is 5.82 Å². The van der Waals surface area contributed by atoms with Gasteiger partial charge in [-0.3, -0.25) is 0 Å². The van der Waals surface area contributed by atoms with Gasteiger partial charge in [-0.15, -0.1) is 0 Å². The number of sulfone groups is 1. The van der Waals surface area contributed by atoms with E-state index >= 15 is 0 Å². The number of aromatic nitrogens is 4. The number of nitrogens with zero attached hydrogens (tertiary/aromatic N) is 4. The average Bonchev–Trinajstić information content (AvgIpc) is 3.22. The predicted octanol–water partition coefficient (Wildman–Crippen LogP) is 4.26. The molecule has 1 aliphatic carbocycles. The van der Waals surface area contributed by atoms with E-state index in [0.29, 0.717) is 36.6 Å². The van der Waals surface area contributed by atoms with Crippen molar-refractivity contribution in [2.75, 3.05) is 23.9 Å². The summed E-state index contributed by atoms with van der Waals surface area (Å²) in [4.78, 5) is 9.14. The third kappa shape index (κ3) is 6.01. The molecule has 0 unspecified atom stereocenters. The van der Waals surface area contributed by atoms with Gasteiger partial charge in [0.05, 0.1) is 29.5 Å². The first-order valence-electron chi connectivity index (χ1n) is 11.7. The number of rotatable bonds is 9.